The number of benzene rings is 2. The monoisotopic (exact) mass is 291 g/mol. The van der Waals surface area contributed by atoms with E-state index in [2.05, 4.69) is 5.32 Å². The maximum atomic E-state index is 9.60. The average molecular weight is 292 g/mol. The van der Waals surface area contributed by atoms with Gasteiger partial charge in [0.25, 0.3) is 0 Å². The van der Waals surface area contributed by atoms with Gasteiger partial charge < -0.3 is 15.2 Å². The number of rotatable bonds is 6. The molecule has 1 unspecified atom stereocenters. The van der Waals surface area contributed by atoms with Gasteiger partial charge in [0, 0.05) is 17.8 Å². The summed E-state index contributed by atoms with van der Waals surface area (Å²) in [5.74, 6) is 0. The molecular formula is C16H18ClNO2. The first-order valence-electron chi connectivity index (χ1n) is 6.43. The Morgan fingerprint density at radius 3 is 2.60 bits per heavy atom. The van der Waals surface area contributed by atoms with Crippen LogP contribution in [-0.4, -0.2) is 18.8 Å². The second-order valence-corrected chi connectivity index (χ2v) is 5.00. The molecule has 0 amide bonds. The van der Waals surface area contributed by atoms with Gasteiger partial charge in [-0.05, 0) is 35.4 Å². The molecule has 3 nitrogen and oxygen atoms in total. The van der Waals surface area contributed by atoms with E-state index >= 15 is 0 Å². The van der Waals surface area contributed by atoms with Crippen LogP contribution >= 0.6 is 11.6 Å². The van der Waals surface area contributed by atoms with Crippen molar-refractivity contribution in [3.63, 3.8) is 0 Å². The fraction of sp³-hybridized carbons (Fsp3) is 0.250. The molecule has 0 spiro atoms. The number of methoxy groups -OCH3 is 1. The van der Waals surface area contributed by atoms with Gasteiger partial charge >= 0.3 is 0 Å². The zero-order chi connectivity index (χ0) is 14.4. The van der Waals surface area contributed by atoms with E-state index < -0.39 is 0 Å². The van der Waals surface area contributed by atoms with E-state index in [-0.39, 0.29) is 12.6 Å². The molecule has 0 radical (unpaired) electrons. The van der Waals surface area contributed by atoms with Gasteiger partial charge in [0.15, 0.2) is 0 Å². The standard InChI is InChI=1S/C16H18ClNO2/c1-20-11-12-3-2-4-13(9-12)16(10-19)18-15-7-5-14(17)6-8-15/h2-9,16,18-19H,10-11H2,1H3. The quantitative estimate of drug-likeness (QED) is 0.854. The lowest BCUT2D eigenvalue weighted by Gasteiger charge is -2.19. The molecule has 1 atom stereocenters. The highest BCUT2D eigenvalue weighted by Gasteiger charge is 2.10. The molecule has 4 heteroatoms. The molecule has 106 valence electrons. The molecule has 20 heavy (non-hydrogen) atoms. The van der Waals surface area contributed by atoms with Crippen molar-refractivity contribution in [3.8, 4) is 0 Å². The molecule has 0 aliphatic carbocycles. The normalized spacial score (nSPS) is 12.2. The Kier molecular flexibility index (Phi) is 5.41. The molecule has 0 aliphatic heterocycles. The summed E-state index contributed by atoms with van der Waals surface area (Å²) in [5, 5.41) is 13.6. The lowest BCUT2D eigenvalue weighted by atomic mass is 10.0. The smallest absolute Gasteiger partial charge is 0.0745 e. The first-order chi connectivity index (χ1) is 9.72. The zero-order valence-corrected chi connectivity index (χ0v) is 12.1. The molecule has 0 heterocycles. The van der Waals surface area contributed by atoms with E-state index in [9.17, 15) is 5.11 Å². The maximum Gasteiger partial charge on any atom is 0.0745 e. The summed E-state index contributed by atoms with van der Waals surface area (Å²) >= 11 is 5.86. The minimum atomic E-state index is -0.159. The number of ether oxygens (including phenoxy) is 1. The van der Waals surface area contributed by atoms with Gasteiger partial charge in [0.2, 0.25) is 0 Å². The Hall–Kier alpha value is -1.55. The highest BCUT2D eigenvalue weighted by molar-refractivity contribution is 6.30. The molecule has 0 fully saturated rings. The summed E-state index contributed by atoms with van der Waals surface area (Å²) in [5.41, 5.74) is 3.03. The van der Waals surface area contributed by atoms with Crippen LogP contribution in [0.5, 0.6) is 0 Å². The maximum absolute atomic E-state index is 9.60. The average Bonchev–Trinajstić information content (AvgIpc) is 2.47. The predicted octanol–water partition coefficient (Wildman–Crippen LogP) is 3.63. The molecule has 2 aromatic carbocycles. The van der Waals surface area contributed by atoms with Crippen LogP contribution < -0.4 is 5.32 Å². The first-order valence-corrected chi connectivity index (χ1v) is 6.81. The first kappa shape index (κ1) is 14.9. The van der Waals surface area contributed by atoms with Crippen LogP contribution in [0.4, 0.5) is 5.69 Å². The second-order valence-electron chi connectivity index (χ2n) is 4.56. The number of aliphatic hydroxyl groups excluding tert-OH is 1. The van der Waals surface area contributed by atoms with Crippen LogP contribution in [0.3, 0.4) is 0 Å². The van der Waals surface area contributed by atoms with Crippen molar-refractivity contribution in [2.45, 2.75) is 12.6 Å². The van der Waals surface area contributed by atoms with Gasteiger partial charge in [-0.15, -0.1) is 0 Å². The van der Waals surface area contributed by atoms with E-state index in [1.165, 1.54) is 0 Å². The van der Waals surface area contributed by atoms with Crippen molar-refractivity contribution in [2.75, 3.05) is 19.0 Å². The summed E-state index contributed by atoms with van der Waals surface area (Å²) in [6, 6.07) is 15.3. The van der Waals surface area contributed by atoms with Gasteiger partial charge in [-0.25, -0.2) is 0 Å². The molecule has 2 rings (SSSR count). The zero-order valence-electron chi connectivity index (χ0n) is 11.3. The number of aliphatic hydroxyl groups is 1. The molecule has 2 N–H and O–H groups in total. The van der Waals surface area contributed by atoms with E-state index in [4.69, 9.17) is 16.3 Å². The van der Waals surface area contributed by atoms with E-state index in [0.29, 0.717) is 11.6 Å². The number of hydrogen-bond donors (Lipinski definition) is 2. The largest absolute Gasteiger partial charge is 0.394 e. The summed E-state index contributed by atoms with van der Waals surface area (Å²) in [6.45, 7) is 0.575. The molecule has 0 saturated carbocycles. The van der Waals surface area contributed by atoms with E-state index in [1.807, 2.05) is 48.5 Å². The van der Waals surface area contributed by atoms with Crippen molar-refractivity contribution in [1.82, 2.24) is 0 Å². The van der Waals surface area contributed by atoms with Gasteiger partial charge in [-0.3, -0.25) is 0 Å². The minimum Gasteiger partial charge on any atom is -0.394 e. The van der Waals surface area contributed by atoms with Gasteiger partial charge in [-0.1, -0.05) is 35.9 Å². The second kappa shape index (κ2) is 7.29. The van der Waals surface area contributed by atoms with Crippen LogP contribution in [0.2, 0.25) is 5.02 Å². The van der Waals surface area contributed by atoms with E-state index in [1.54, 1.807) is 7.11 Å². The summed E-state index contributed by atoms with van der Waals surface area (Å²) in [4.78, 5) is 0. The third kappa shape index (κ3) is 3.97. The number of anilines is 1. The van der Waals surface area contributed by atoms with Crippen molar-refractivity contribution < 1.29 is 9.84 Å². The van der Waals surface area contributed by atoms with Crippen molar-refractivity contribution in [1.29, 1.82) is 0 Å². The van der Waals surface area contributed by atoms with Gasteiger partial charge in [-0.2, -0.15) is 0 Å². The third-order valence-corrected chi connectivity index (χ3v) is 3.28. The summed E-state index contributed by atoms with van der Waals surface area (Å²) in [6.07, 6.45) is 0. The van der Waals surface area contributed by atoms with Crippen LogP contribution in [0, 0.1) is 0 Å². The van der Waals surface area contributed by atoms with Crippen LogP contribution in [0.25, 0.3) is 0 Å². The molecule has 0 aromatic heterocycles. The fourth-order valence-corrected chi connectivity index (χ4v) is 2.17. The molecule has 0 saturated heterocycles. The Bertz CT molecular complexity index is 542. The lowest BCUT2D eigenvalue weighted by Crippen LogP contribution is -2.15. The summed E-state index contributed by atoms with van der Waals surface area (Å²) < 4.78 is 5.13. The molecule has 2 aromatic rings. The lowest BCUT2D eigenvalue weighted by molar-refractivity contribution is 0.184. The van der Waals surface area contributed by atoms with Gasteiger partial charge in [0.1, 0.15) is 0 Å². The Morgan fingerprint density at radius 1 is 1.20 bits per heavy atom. The van der Waals surface area contributed by atoms with Crippen LogP contribution in [0.15, 0.2) is 48.5 Å². The van der Waals surface area contributed by atoms with Crippen LogP contribution in [-0.2, 0) is 11.3 Å². The number of nitrogens with one attached hydrogen (secondary N) is 1. The number of halogens is 1. The van der Waals surface area contributed by atoms with Crippen molar-refractivity contribution in [2.24, 2.45) is 0 Å². The Morgan fingerprint density at radius 2 is 1.95 bits per heavy atom. The van der Waals surface area contributed by atoms with Crippen LogP contribution in [0.1, 0.15) is 17.2 Å². The van der Waals surface area contributed by atoms with Crippen molar-refractivity contribution in [3.05, 3.63) is 64.7 Å². The highest BCUT2D eigenvalue weighted by Crippen LogP contribution is 2.22. The SMILES string of the molecule is COCc1cccc(C(CO)Nc2ccc(Cl)cc2)c1. The fourth-order valence-electron chi connectivity index (χ4n) is 2.05. The predicted molar refractivity (Wildman–Crippen MR) is 82.1 cm³/mol. The summed E-state index contributed by atoms with van der Waals surface area (Å²) in [7, 11) is 1.67. The Balaban J connectivity index is 2.15. The molecule has 0 aliphatic rings. The highest BCUT2D eigenvalue weighted by atomic mass is 35.5. The van der Waals surface area contributed by atoms with Gasteiger partial charge in [0.05, 0.1) is 19.3 Å². The molecule has 0 bridgehead atoms. The third-order valence-electron chi connectivity index (χ3n) is 3.03. The minimum absolute atomic E-state index is 0.0130. The number of hydrogen-bond acceptors (Lipinski definition) is 3. The Labute approximate surface area is 124 Å². The topological polar surface area (TPSA) is 41.5 Å². The van der Waals surface area contributed by atoms with Crippen molar-refractivity contribution >= 4 is 17.3 Å². The molecular weight excluding hydrogens is 274 g/mol. The van der Waals surface area contributed by atoms with E-state index in [0.717, 1.165) is 16.8 Å².